The summed E-state index contributed by atoms with van der Waals surface area (Å²) in [5, 5.41) is 22.3. The van der Waals surface area contributed by atoms with E-state index in [1.807, 2.05) is 0 Å². The first-order chi connectivity index (χ1) is 10.5. The van der Waals surface area contributed by atoms with E-state index in [2.05, 4.69) is 0 Å². The zero-order chi connectivity index (χ0) is 16.5. The minimum absolute atomic E-state index is 0.0488. The van der Waals surface area contributed by atoms with Crippen molar-refractivity contribution in [3.05, 3.63) is 23.3 Å². The van der Waals surface area contributed by atoms with Crippen molar-refractivity contribution in [1.82, 2.24) is 0 Å². The fourth-order valence-corrected chi connectivity index (χ4v) is 1.59. The van der Waals surface area contributed by atoms with Gasteiger partial charge < -0.3 is 38.7 Å². The third-order valence-electron chi connectivity index (χ3n) is 2.61. The van der Waals surface area contributed by atoms with Crippen LogP contribution in [0.3, 0.4) is 0 Å². The lowest BCUT2D eigenvalue weighted by Gasteiger charge is -2.18. The highest BCUT2D eigenvalue weighted by molar-refractivity contribution is 5.95. The van der Waals surface area contributed by atoms with Gasteiger partial charge in [0, 0.05) is 25.3 Å². The van der Waals surface area contributed by atoms with E-state index in [1.165, 1.54) is 14.2 Å². The van der Waals surface area contributed by atoms with Gasteiger partial charge in [-0.3, -0.25) is 0 Å². The average molecular weight is 312 g/mol. The van der Waals surface area contributed by atoms with E-state index in [1.54, 1.807) is 0 Å². The van der Waals surface area contributed by atoms with Crippen LogP contribution in [0.25, 0.3) is 0 Å². The average Bonchev–Trinajstić information content (AvgIpc) is 2.47. The molecule has 1 aromatic rings. The predicted octanol–water partition coefficient (Wildman–Crippen LogP) is -1.54. The second kappa shape index (κ2) is 8.85. The maximum Gasteiger partial charge on any atom is 0.129 e. The van der Waals surface area contributed by atoms with Crippen LogP contribution in [0.2, 0.25) is 0 Å². The Bertz CT molecular complexity index is 478. The summed E-state index contributed by atoms with van der Waals surface area (Å²) in [6.07, 6.45) is 0. The molecule has 0 radical (unpaired) electrons. The summed E-state index contributed by atoms with van der Waals surface area (Å²) >= 11 is 0. The van der Waals surface area contributed by atoms with Crippen LogP contribution in [-0.4, -0.2) is 52.6 Å². The summed E-state index contributed by atoms with van der Waals surface area (Å²) < 4.78 is 19.9. The molecule has 0 fully saturated rings. The second-order valence-electron chi connectivity index (χ2n) is 4.10. The van der Waals surface area contributed by atoms with Crippen LogP contribution in [0.4, 0.5) is 0 Å². The minimum atomic E-state index is -1.52. The lowest BCUT2D eigenvalue weighted by atomic mass is 10.1. The summed E-state index contributed by atoms with van der Waals surface area (Å²) in [4.78, 5) is 22.3. The number of carboxylic acid groups (broad SMARTS) is 2. The SMILES string of the molecule is COCCOc1cc(C(=O)[O-])c(OCCOC)cc1C(=O)[O-]. The Labute approximate surface area is 127 Å². The molecular formula is C14H16O8-2. The smallest absolute Gasteiger partial charge is 0.129 e. The molecule has 8 nitrogen and oxygen atoms in total. The zero-order valence-corrected chi connectivity index (χ0v) is 12.2. The van der Waals surface area contributed by atoms with Crippen LogP contribution in [0, 0.1) is 0 Å². The number of carbonyl (C=O) groups is 2. The molecule has 1 rings (SSSR count). The Morgan fingerprint density at radius 2 is 1.18 bits per heavy atom. The first-order valence-corrected chi connectivity index (χ1v) is 6.35. The Hall–Kier alpha value is -2.32. The predicted molar refractivity (Wildman–Crippen MR) is 69.8 cm³/mol. The van der Waals surface area contributed by atoms with Gasteiger partial charge in [-0.05, 0) is 12.1 Å². The number of carbonyl (C=O) groups excluding carboxylic acids is 2. The van der Waals surface area contributed by atoms with Crippen LogP contribution in [0.1, 0.15) is 20.7 Å². The highest BCUT2D eigenvalue weighted by Gasteiger charge is 2.14. The molecule has 0 aliphatic rings. The molecule has 0 aliphatic carbocycles. The summed E-state index contributed by atoms with van der Waals surface area (Å²) in [6.45, 7) is 0.513. The lowest BCUT2D eigenvalue weighted by molar-refractivity contribution is -0.256. The van der Waals surface area contributed by atoms with Crippen LogP contribution < -0.4 is 19.7 Å². The van der Waals surface area contributed by atoms with Crippen molar-refractivity contribution in [2.24, 2.45) is 0 Å². The van der Waals surface area contributed by atoms with Gasteiger partial charge in [-0.1, -0.05) is 0 Å². The maximum atomic E-state index is 11.2. The Kier molecular flexibility index (Phi) is 7.14. The summed E-state index contributed by atoms with van der Waals surface area (Å²) in [5.41, 5.74) is -0.651. The number of benzene rings is 1. The quantitative estimate of drug-likeness (QED) is 0.477. The molecule has 0 saturated heterocycles. The number of aromatic carboxylic acids is 2. The fraction of sp³-hybridized carbons (Fsp3) is 0.429. The van der Waals surface area contributed by atoms with Crippen molar-refractivity contribution in [2.75, 3.05) is 40.6 Å². The molecule has 0 aliphatic heterocycles. The first kappa shape index (κ1) is 17.7. The molecule has 0 N–H and O–H groups in total. The van der Waals surface area contributed by atoms with Gasteiger partial charge in [0.1, 0.15) is 24.7 Å². The molecule has 0 saturated carbocycles. The van der Waals surface area contributed by atoms with E-state index in [0.29, 0.717) is 0 Å². The van der Waals surface area contributed by atoms with Gasteiger partial charge in [-0.2, -0.15) is 0 Å². The molecule has 0 aromatic heterocycles. The molecule has 0 spiro atoms. The lowest BCUT2D eigenvalue weighted by Crippen LogP contribution is -2.26. The minimum Gasteiger partial charge on any atom is -0.545 e. The van der Waals surface area contributed by atoms with Gasteiger partial charge in [0.2, 0.25) is 0 Å². The molecule has 0 unspecified atom stereocenters. The number of rotatable bonds is 10. The molecule has 122 valence electrons. The van der Waals surface area contributed by atoms with Crippen LogP contribution in [0.5, 0.6) is 11.5 Å². The number of hydrogen-bond acceptors (Lipinski definition) is 8. The Morgan fingerprint density at radius 3 is 1.45 bits per heavy atom. The van der Waals surface area contributed by atoms with E-state index >= 15 is 0 Å². The molecular weight excluding hydrogens is 296 g/mol. The molecule has 0 atom stereocenters. The largest absolute Gasteiger partial charge is 0.545 e. The first-order valence-electron chi connectivity index (χ1n) is 6.35. The van der Waals surface area contributed by atoms with Gasteiger partial charge in [0.25, 0.3) is 0 Å². The number of ether oxygens (including phenoxy) is 4. The normalized spacial score (nSPS) is 10.3. The van der Waals surface area contributed by atoms with Gasteiger partial charge >= 0.3 is 0 Å². The van der Waals surface area contributed by atoms with Crippen molar-refractivity contribution in [2.45, 2.75) is 0 Å². The van der Waals surface area contributed by atoms with Gasteiger partial charge in [0.15, 0.2) is 0 Å². The Balaban J connectivity index is 3.13. The van der Waals surface area contributed by atoms with Crippen molar-refractivity contribution >= 4 is 11.9 Å². The van der Waals surface area contributed by atoms with E-state index < -0.39 is 11.9 Å². The van der Waals surface area contributed by atoms with Gasteiger partial charge in [-0.15, -0.1) is 0 Å². The van der Waals surface area contributed by atoms with E-state index in [4.69, 9.17) is 18.9 Å². The standard InChI is InChI=1S/C14H18O8/c1-19-3-5-21-11-7-10(14(17)18)12(22-6-4-20-2)8-9(11)13(15)16/h7-8H,3-6H2,1-2H3,(H,15,16)(H,17,18)/p-2. The summed E-state index contributed by atoms with van der Waals surface area (Å²) in [6, 6.07) is 2.05. The monoisotopic (exact) mass is 312 g/mol. The van der Waals surface area contributed by atoms with E-state index in [0.717, 1.165) is 12.1 Å². The molecule has 0 bridgehead atoms. The van der Waals surface area contributed by atoms with Gasteiger partial charge in [0.05, 0.1) is 25.2 Å². The number of carboxylic acids is 2. The van der Waals surface area contributed by atoms with Crippen molar-refractivity contribution in [1.29, 1.82) is 0 Å². The van der Waals surface area contributed by atoms with E-state index in [9.17, 15) is 19.8 Å². The number of methoxy groups -OCH3 is 2. The topological polar surface area (TPSA) is 117 Å². The maximum absolute atomic E-state index is 11.2. The molecule has 1 aromatic carbocycles. The molecule has 0 heterocycles. The highest BCUT2D eigenvalue weighted by atomic mass is 16.5. The van der Waals surface area contributed by atoms with Crippen molar-refractivity contribution in [3.63, 3.8) is 0 Å². The summed E-state index contributed by atoms with van der Waals surface area (Å²) in [5.74, 6) is -3.35. The number of hydrogen-bond donors (Lipinski definition) is 0. The van der Waals surface area contributed by atoms with Crippen LogP contribution in [0.15, 0.2) is 12.1 Å². The third kappa shape index (κ3) is 4.90. The molecule has 0 amide bonds. The second-order valence-corrected chi connectivity index (χ2v) is 4.10. The highest BCUT2D eigenvalue weighted by Crippen LogP contribution is 2.28. The summed E-state index contributed by atoms with van der Waals surface area (Å²) in [7, 11) is 2.89. The third-order valence-corrected chi connectivity index (χ3v) is 2.61. The van der Waals surface area contributed by atoms with Crippen molar-refractivity contribution in [3.8, 4) is 11.5 Å². The zero-order valence-electron chi connectivity index (χ0n) is 12.2. The molecule has 8 heteroatoms. The van der Waals surface area contributed by atoms with Gasteiger partial charge in [-0.25, -0.2) is 0 Å². The van der Waals surface area contributed by atoms with E-state index in [-0.39, 0.29) is 49.1 Å². The van der Waals surface area contributed by atoms with Crippen LogP contribution >= 0.6 is 0 Å². The Morgan fingerprint density at radius 1 is 0.818 bits per heavy atom. The van der Waals surface area contributed by atoms with Crippen molar-refractivity contribution < 1.29 is 38.7 Å². The van der Waals surface area contributed by atoms with Crippen LogP contribution in [-0.2, 0) is 9.47 Å². The fourth-order valence-electron chi connectivity index (χ4n) is 1.59. The molecule has 22 heavy (non-hydrogen) atoms.